The smallest absolute Gasteiger partial charge is 0.246 e. The molecule has 1 aliphatic carbocycles. The van der Waals surface area contributed by atoms with Crippen LogP contribution in [0.15, 0.2) is 96.8 Å². The molecule has 2 amide bonds. The van der Waals surface area contributed by atoms with Crippen molar-refractivity contribution >= 4 is 55.7 Å². The van der Waals surface area contributed by atoms with Gasteiger partial charge in [0.2, 0.25) is 17.7 Å². The van der Waals surface area contributed by atoms with Crippen molar-refractivity contribution in [3.05, 3.63) is 102 Å². The van der Waals surface area contributed by atoms with Gasteiger partial charge >= 0.3 is 0 Å². The number of hydrogen-bond acceptors (Lipinski definition) is 11. The molecule has 2 aliphatic rings. The standard InChI is InChI=1S/C51H57N7O6S/c1-33(52-2)49(59)57-48(34-9-4-3-5-10-34)51(60)58-22-8-13-45(58)50-56-44(32-65-50)38-17-18-46(40-12-7-6-11-37(38)40)63-27-25-61-23-24-62-26-28-64-47-19-15-36(30-54-47)35-14-16-39-41-31-53-21-20-42(41)55-43(39)29-35/h6-7,11-12,14-21,29-34,45,48,52,55H,3-5,8-10,13,22-28H2,1-2H3,(H,57,59)/t33?,45?,48-/m0/s1. The van der Waals surface area contributed by atoms with Crippen molar-refractivity contribution in [3.8, 4) is 34.0 Å². The zero-order valence-electron chi connectivity index (χ0n) is 37.1. The molecule has 0 spiro atoms. The lowest BCUT2D eigenvalue weighted by Gasteiger charge is -2.35. The molecular formula is C51H57N7O6S. The van der Waals surface area contributed by atoms with Crippen LogP contribution in [0.5, 0.6) is 11.6 Å². The van der Waals surface area contributed by atoms with Gasteiger partial charge in [-0.2, -0.15) is 0 Å². The molecule has 2 fully saturated rings. The number of aromatic nitrogens is 4. The molecule has 13 nitrogen and oxygen atoms in total. The van der Waals surface area contributed by atoms with Crippen LogP contribution >= 0.6 is 11.3 Å². The maximum atomic E-state index is 14.3. The Morgan fingerprint density at radius 3 is 2.38 bits per heavy atom. The summed E-state index contributed by atoms with van der Waals surface area (Å²) in [5.41, 5.74) is 6.11. The van der Waals surface area contributed by atoms with Gasteiger partial charge in [-0.1, -0.05) is 55.7 Å². The first-order valence-corrected chi connectivity index (χ1v) is 23.8. The van der Waals surface area contributed by atoms with E-state index in [1.165, 1.54) is 6.42 Å². The Morgan fingerprint density at radius 1 is 0.800 bits per heavy atom. The van der Waals surface area contributed by atoms with Gasteiger partial charge in [-0.05, 0) is 86.9 Å². The zero-order chi connectivity index (χ0) is 44.5. The summed E-state index contributed by atoms with van der Waals surface area (Å²) in [5.74, 6) is 1.36. The average Bonchev–Trinajstić information content (AvgIpc) is 4.13. The molecule has 5 heterocycles. The molecule has 2 unspecified atom stereocenters. The van der Waals surface area contributed by atoms with Crippen LogP contribution in [0.3, 0.4) is 0 Å². The highest BCUT2D eigenvalue weighted by Crippen LogP contribution is 2.40. The SMILES string of the molecule is CNC(C)C(=O)N[C@H](C(=O)N1CCCC1c1nc(-c2ccc(OCCOCCOCCOc3ccc(-c4ccc5c(c4)[nH]c4ccncc45)cn3)c3ccccc23)cs1)C1CCCCC1. The van der Waals surface area contributed by atoms with E-state index in [0.717, 1.165) is 104 Å². The third kappa shape index (κ3) is 10.2. The van der Waals surface area contributed by atoms with Gasteiger partial charge in [0.05, 0.1) is 44.2 Å². The fourth-order valence-electron chi connectivity index (χ4n) is 9.21. The second kappa shape index (κ2) is 20.9. The Kier molecular flexibility index (Phi) is 14.3. The van der Waals surface area contributed by atoms with E-state index < -0.39 is 6.04 Å². The number of carbonyl (C=O) groups is 2. The van der Waals surface area contributed by atoms with Crippen molar-refractivity contribution in [1.82, 2.24) is 35.5 Å². The van der Waals surface area contributed by atoms with Crippen molar-refractivity contribution in [1.29, 1.82) is 0 Å². The van der Waals surface area contributed by atoms with Gasteiger partial charge in [0.15, 0.2) is 0 Å². The van der Waals surface area contributed by atoms with Crippen molar-refractivity contribution in [2.75, 3.05) is 53.2 Å². The predicted octanol–water partition coefficient (Wildman–Crippen LogP) is 8.88. The molecule has 338 valence electrons. The monoisotopic (exact) mass is 895 g/mol. The van der Waals surface area contributed by atoms with E-state index in [1.54, 1.807) is 24.6 Å². The molecule has 1 saturated heterocycles. The van der Waals surface area contributed by atoms with Crippen LogP contribution in [0.4, 0.5) is 0 Å². The van der Waals surface area contributed by atoms with E-state index in [2.05, 4.69) is 67.4 Å². The number of nitrogens with one attached hydrogen (secondary N) is 3. The number of rotatable bonds is 19. The summed E-state index contributed by atoms with van der Waals surface area (Å²) in [6.45, 7) is 4.99. The number of amides is 2. The maximum absolute atomic E-state index is 14.3. The number of ether oxygens (including phenoxy) is 4. The third-order valence-electron chi connectivity index (χ3n) is 12.8. The normalized spacial score (nSPS) is 16.6. The Balaban J connectivity index is 0.725. The number of nitrogens with zero attached hydrogens (tertiary/aromatic N) is 4. The lowest BCUT2D eigenvalue weighted by Crippen LogP contribution is -2.55. The molecule has 9 rings (SSSR count). The Labute approximate surface area is 383 Å². The zero-order valence-corrected chi connectivity index (χ0v) is 37.9. The molecule has 0 radical (unpaired) electrons. The number of H-pyrrole nitrogens is 1. The lowest BCUT2D eigenvalue weighted by atomic mass is 9.83. The van der Waals surface area contributed by atoms with Crippen LogP contribution in [0.2, 0.25) is 0 Å². The quantitative estimate of drug-likeness (QED) is 0.0672. The fourth-order valence-corrected chi connectivity index (χ4v) is 10.2. The number of aromatic amines is 1. The van der Waals surface area contributed by atoms with Gasteiger partial charge in [-0.25, -0.2) is 9.97 Å². The predicted molar refractivity (Wildman–Crippen MR) is 255 cm³/mol. The molecule has 7 aromatic rings. The molecule has 14 heteroatoms. The van der Waals surface area contributed by atoms with Gasteiger partial charge in [-0.15, -0.1) is 11.3 Å². The summed E-state index contributed by atoms with van der Waals surface area (Å²) in [5, 5.41) is 13.5. The van der Waals surface area contributed by atoms with Crippen LogP contribution in [-0.4, -0.2) is 102 Å². The number of pyridine rings is 2. The largest absolute Gasteiger partial charge is 0.491 e. The van der Waals surface area contributed by atoms with Gasteiger partial charge in [0.25, 0.3) is 0 Å². The summed E-state index contributed by atoms with van der Waals surface area (Å²) in [7, 11) is 1.77. The number of likely N-dealkylation sites (N-methyl/N-ethyl adjacent to an activating group) is 1. The molecule has 3 atom stereocenters. The number of thiazole rings is 1. The molecule has 65 heavy (non-hydrogen) atoms. The first kappa shape index (κ1) is 44.3. The minimum absolute atomic E-state index is 0.0210. The molecular weight excluding hydrogens is 839 g/mol. The second-order valence-electron chi connectivity index (χ2n) is 16.9. The molecule has 0 bridgehead atoms. The number of benzene rings is 3. The van der Waals surface area contributed by atoms with E-state index in [0.29, 0.717) is 52.1 Å². The van der Waals surface area contributed by atoms with Gasteiger partial charge in [-0.3, -0.25) is 14.6 Å². The molecule has 3 N–H and O–H groups in total. The topological polar surface area (TPSA) is 153 Å². The third-order valence-corrected chi connectivity index (χ3v) is 13.8. The average molecular weight is 896 g/mol. The number of fused-ring (bicyclic) bond motifs is 4. The minimum Gasteiger partial charge on any atom is -0.491 e. The Bertz CT molecular complexity index is 2720. The van der Waals surface area contributed by atoms with Crippen LogP contribution in [-0.2, 0) is 19.1 Å². The number of carbonyl (C=O) groups excluding carboxylic acids is 2. The highest BCUT2D eigenvalue weighted by atomic mass is 32.1. The molecule has 4 aromatic heterocycles. The van der Waals surface area contributed by atoms with Crippen molar-refractivity contribution < 1.29 is 28.5 Å². The molecule has 1 saturated carbocycles. The summed E-state index contributed by atoms with van der Waals surface area (Å²) >= 11 is 1.60. The Hall–Kier alpha value is -5.93. The Morgan fingerprint density at radius 2 is 1.58 bits per heavy atom. The van der Waals surface area contributed by atoms with Crippen molar-refractivity contribution in [2.45, 2.75) is 70.0 Å². The van der Waals surface area contributed by atoms with Crippen LogP contribution in [0.1, 0.15) is 62.9 Å². The van der Waals surface area contributed by atoms with Gasteiger partial charge in [0, 0.05) is 74.9 Å². The van der Waals surface area contributed by atoms with E-state index in [4.69, 9.17) is 23.9 Å². The van der Waals surface area contributed by atoms with Crippen molar-refractivity contribution in [2.24, 2.45) is 5.92 Å². The highest BCUT2D eigenvalue weighted by molar-refractivity contribution is 7.10. The maximum Gasteiger partial charge on any atom is 0.246 e. The summed E-state index contributed by atoms with van der Waals surface area (Å²) in [6.07, 6.45) is 12.5. The highest BCUT2D eigenvalue weighted by Gasteiger charge is 2.40. The van der Waals surface area contributed by atoms with Crippen LogP contribution < -0.4 is 20.1 Å². The second-order valence-corrected chi connectivity index (χ2v) is 17.8. The van der Waals surface area contributed by atoms with E-state index >= 15 is 0 Å². The molecule has 1 aliphatic heterocycles. The van der Waals surface area contributed by atoms with E-state index in [9.17, 15) is 9.59 Å². The summed E-state index contributed by atoms with van der Waals surface area (Å²) in [6, 6.07) is 23.5. The van der Waals surface area contributed by atoms with Crippen LogP contribution in [0.25, 0.3) is 55.0 Å². The van der Waals surface area contributed by atoms with E-state index in [1.807, 2.05) is 60.6 Å². The van der Waals surface area contributed by atoms with Gasteiger partial charge in [0.1, 0.15) is 30.0 Å². The first-order valence-electron chi connectivity index (χ1n) is 22.9. The number of hydrogen-bond donors (Lipinski definition) is 3. The molecule has 3 aromatic carbocycles. The fraction of sp³-hybridized carbons (Fsp3) is 0.392. The van der Waals surface area contributed by atoms with E-state index in [-0.39, 0.29) is 29.8 Å². The van der Waals surface area contributed by atoms with Crippen molar-refractivity contribution in [3.63, 3.8) is 0 Å². The number of likely N-dealkylation sites (tertiary alicyclic amines) is 1. The van der Waals surface area contributed by atoms with Crippen LogP contribution in [0, 0.1) is 5.92 Å². The summed E-state index contributed by atoms with van der Waals surface area (Å²) in [4.78, 5) is 46.7. The van der Waals surface area contributed by atoms with Gasteiger partial charge < -0.3 is 39.5 Å². The summed E-state index contributed by atoms with van der Waals surface area (Å²) < 4.78 is 23.6. The minimum atomic E-state index is -0.521. The first-order chi connectivity index (χ1) is 31.9. The lowest BCUT2D eigenvalue weighted by molar-refractivity contribution is -0.139.